The van der Waals surface area contributed by atoms with Gasteiger partial charge in [-0.15, -0.1) is 0 Å². The average Bonchev–Trinajstić information content (AvgIpc) is 2.65. The maximum absolute atomic E-state index is 6.05. The van der Waals surface area contributed by atoms with E-state index in [-0.39, 0.29) is 0 Å². The largest absolute Gasteiger partial charge is 0.328 e. The minimum Gasteiger partial charge on any atom is -0.328 e. The van der Waals surface area contributed by atoms with Gasteiger partial charge in [0, 0.05) is 12.1 Å². The van der Waals surface area contributed by atoms with Crippen LogP contribution in [-0.2, 0) is 0 Å². The topological polar surface area (TPSA) is 29.3 Å². The summed E-state index contributed by atoms with van der Waals surface area (Å²) in [7, 11) is 0. The third-order valence-electron chi connectivity index (χ3n) is 5.59. The molecule has 3 unspecified atom stereocenters. The monoisotopic (exact) mass is 266 g/mol. The molecule has 0 aromatic rings. The predicted molar refractivity (Wildman–Crippen MR) is 83.2 cm³/mol. The zero-order valence-corrected chi connectivity index (χ0v) is 13.1. The summed E-state index contributed by atoms with van der Waals surface area (Å²) in [6.07, 6.45) is 12.8. The van der Waals surface area contributed by atoms with Gasteiger partial charge in [-0.25, -0.2) is 0 Å². The molecule has 1 saturated heterocycles. The lowest BCUT2D eigenvalue weighted by Crippen LogP contribution is -2.44. The van der Waals surface area contributed by atoms with Crippen molar-refractivity contribution >= 4 is 0 Å². The molecule has 1 saturated carbocycles. The van der Waals surface area contributed by atoms with Crippen LogP contribution in [0.3, 0.4) is 0 Å². The SMILES string of the molecule is CCCC1CCCC(N2CCC(C(C)N)CC2)CC1. The van der Waals surface area contributed by atoms with Gasteiger partial charge in [-0.2, -0.15) is 0 Å². The van der Waals surface area contributed by atoms with Crippen LogP contribution in [0.15, 0.2) is 0 Å². The average molecular weight is 266 g/mol. The molecular formula is C17H34N2. The van der Waals surface area contributed by atoms with E-state index < -0.39 is 0 Å². The minimum absolute atomic E-state index is 0.394. The fourth-order valence-corrected chi connectivity index (χ4v) is 4.23. The van der Waals surface area contributed by atoms with Gasteiger partial charge < -0.3 is 10.6 Å². The molecule has 1 aliphatic carbocycles. The summed E-state index contributed by atoms with van der Waals surface area (Å²) >= 11 is 0. The van der Waals surface area contributed by atoms with Gasteiger partial charge in [0.25, 0.3) is 0 Å². The molecule has 0 aromatic heterocycles. The van der Waals surface area contributed by atoms with Gasteiger partial charge in [0.15, 0.2) is 0 Å². The van der Waals surface area contributed by atoms with E-state index in [1.54, 1.807) is 0 Å². The van der Waals surface area contributed by atoms with Crippen molar-refractivity contribution in [2.24, 2.45) is 17.6 Å². The summed E-state index contributed by atoms with van der Waals surface area (Å²) in [6.45, 7) is 7.12. The van der Waals surface area contributed by atoms with Crippen LogP contribution >= 0.6 is 0 Å². The molecule has 2 aliphatic rings. The highest BCUT2D eigenvalue weighted by Crippen LogP contribution is 2.31. The van der Waals surface area contributed by atoms with Crippen LogP contribution in [0.25, 0.3) is 0 Å². The molecule has 2 N–H and O–H groups in total. The highest BCUT2D eigenvalue weighted by Gasteiger charge is 2.28. The van der Waals surface area contributed by atoms with Gasteiger partial charge in [0.05, 0.1) is 0 Å². The van der Waals surface area contributed by atoms with E-state index in [1.807, 2.05) is 0 Å². The summed E-state index contributed by atoms with van der Waals surface area (Å²) in [5, 5.41) is 0. The lowest BCUT2D eigenvalue weighted by Gasteiger charge is -2.38. The zero-order valence-electron chi connectivity index (χ0n) is 13.1. The first-order valence-electron chi connectivity index (χ1n) is 8.70. The van der Waals surface area contributed by atoms with Crippen molar-refractivity contribution in [2.75, 3.05) is 13.1 Å². The van der Waals surface area contributed by atoms with Crippen LogP contribution in [0.5, 0.6) is 0 Å². The number of hydrogen-bond donors (Lipinski definition) is 1. The number of nitrogens with zero attached hydrogens (tertiary/aromatic N) is 1. The van der Waals surface area contributed by atoms with Crippen LogP contribution in [0.4, 0.5) is 0 Å². The molecule has 3 atom stereocenters. The van der Waals surface area contributed by atoms with Gasteiger partial charge in [0.2, 0.25) is 0 Å². The van der Waals surface area contributed by atoms with Gasteiger partial charge in [-0.05, 0) is 64.0 Å². The maximum atomic E-state index is 6.05. The smallest absolute Gasteiger partial charge is 0.00953 e. The van der Waals surface area contributed by atoms with Crippen molar-refractivity contribution < 1.29 is 0 Å². The van der Waals surface area contributed by atoms with Gasteiger partial charge in [-0.3, -0.25) is 0 Å². The Morgan fingerprint density at radius 3 is 2.42 bits per heavy atom. The van der Waals surface area contributed by atoms with Crippen molar-refractivity contribution in [3.63, 3.8) is 0 Å². The Hall–Kier alpha value is -0.0800. The summed E-state index contributed by atoms with van der Waals surface area (Å²) in [5.41, 5.74) is 6.05. The van der Waals surface area contributed by atoms with Crippen LogP contribution < -0.4 is 5.73 Å². The van der Waals surface area contributed by atoms with Crippen molar-refractivity contribution in [2.45, 2.75) is 83.7 Å². The first-order chi connectivity index (χ1) is 9.20. The normalized spacial score (nSPS) is 33.0. The molecule has 0 spiro atoms. The molecule has 0 bridgehead atoms. The minimum atomic E-state index is 0.394. The van der Waals surface area contributed by atoms with Crippen LogP contribution in [0.1, 0.15) is 71.6 Å². The standard InChI is InChI=1S/C17H34N2/c1-3-5-15-6-4-7-17(9-8-15)19-12-10-16(11-13-19)14(2)18/h14-17H,3-13,18H2,1-2H3. The van der Waals surface area contributed by atoms with E-state index in [2.05, 4.69) is 18.7 Å². The lowest BCUT2D eigenvalue weighted by molar-refractivity contribution is 0.114. The van der Waals surface area contributed by atoms with Crippen LogP contribution in [0.2, 0.25) is 0 Å². The zero-order chi connectivity index (χ0) is 13.7. The summed E-state index contributed by atoms with van der Waals surface area (Å²) in [6, 6.07) is 1.28. The molecule has 0 amide bonds. The first kappa shape index (κ1) is 15.3. The number of hydrogen-bond acceptors (Lipinski definition) is 2. The molecule has 19 heavy (non-hydrogen) atoms. The van der Waals surface area contributed by atoms with Crippen molar-refractivity contribution in [1.29, 1.82) is 0 Å². The van der Waals surface area contributed by atoms with Crippen molar-refractivity contribution in [3.8, 4) is 0 Å². The molecule has 112 valence electrons. The van der Waals surface area contributed by atoms with E-state index in [9.17, 15) is 0 Å². The van der Waals surface area contributed by atoms with Crippen LogP contribution in [-0.4, -0.2) is 30.1 Å². The number of rotatable bonds is 4. The molecule has 2 rings (SSSR count). The van der Waals surface area contributed by atoms with Gasteiger partial charge in [0.1, 0.15) is 0 Å². The Balaban J connectivity index is 1.77. The Morgan fingerprint density at radius 1 is 1.05 bits per heavy atom. The van der Waals surface area contributed by atoms with E-state index in [0.717, 1.165) is 17.9 Å². The Labute approximate surface area is 120 Å². The number of likely N-dealkylation sites (tertiary alicyclic amines) is 1. The highest BCUT2D eigenvalue weighted by molar-refractivity contribution is 4.83. The lowest BCUT2D eigenvalue weighted by atomic mass is 9.89. The molecule has 1 heterocycles. The van der Waals surface area contributed by atoms with E-state index in [0.29, 0.717) is 6.04 Å². The summed E-state index contributed by atoms with van der Waals surface area (Å²) in [5.74, 6) is 1.80. The molecule has 0 aromatic carbocycles. The predicted octanol–water partition coefficient (Wildman–Crippen LogP) is 3.79. The number of piperidine rings is 1. The number of nitrogens with two attached hydrogens (primary N) is 1. The first-order valence-corrected chi connectivity index (χ1v) is 8.70. The third-order valence-corrected chi connectivity index (χ3v) is 5.59. The Bertz CT molecular complexity index is 244. The Morgan fingerprint density at radius 2 is 1.79 bits per heavy atom. The highest BCUT2D eigenvalue weighted by atomic mass is 15.2. The molecule has 1 aliphatic heterocycles. The molecule has 2 nitrogen and oxygen atoms in total. The summed E-state index contributed by atoms with van der Waals surface area (Å²) in [4.78, 5) is 2.78. The van der Waals surface area contributed by atoms with Gasteiger partial charge >= 0.3 is 0 Å². The molecule has 2 fully saturated rings. The second-order valence-corrected chi connectivity index (χ2v) is 7.05. The van der Waals surface area contributed by atoms with E-state index >= 15 is 0 Å². The van der Waals surface area contributed by atoms with Crippen molar-refractivity contribution in [3.05, 3.63) is 0 Å². The van der Waals surface area contributed by atoms with E-state index in [1.165, 1.54) is 70.9 Å². The van der Waals surface area contributed by atoms with Crippen LogP contribution in [0, 0.1) is 11.8 Å². The third kappa shape index (κ3) is 4.46. The van der Waals surface area contributed by atoms with Crippen molar-refractivity contribution in [1.82, 2.24) is 4.90 Å². The van der Waals surface area contributed by atoms with E-state index in [4.69, 9.17) is 5.73 Å². The summed E-state index contributed by atoms with van der Waals surface area (Å²) < 4.78 is 0. The second kappa shape index (κ2) is 7.64. The van der Waals surface area contributed by atoms with Gasteiger partial charge in [-0.1, -0.05) is 32.6 Å². The molecule has 2 heteroatoms. The molecule has 0 radical (unpaired) electrons. The quantitative estimate of drug-likeness (QED) is 0.784. The fraction of sp³-hybridized carbons (Fsp3) is 1.00. The second-order valence-electron chi connectivity index (χ2n) is 7.05. The maximum Gasteiger partial charge on any atom is 0.00953 e. The Kier molecular flexibility index (Phi) is 6.15. The fourth-order valence-electron chi connectivity index (χ4n) is 4.23. The molecular weight excluding hydrogens is 232 g/mol.